The first kappa shape index (κ1) is 28.6. The van der Waals surface area contributed by atoms with Crippen LogP contribution in [0.5, 0.6) is 0 Å². The smallest absolute Gasteiger partial charge is 0.258 e. The third kappa shape index (κ3) is 6.70. The Labute approximate surface area is 242 Å². The van der Waals surface area contributed by atoms with Crippen molar-refractivity contribution in [2.24, 2.45) is 10.4 Å². The lowest BCUT2D eigenvalue weighted by Gasteiger charge is -2.41. The first-order chi connectivity index (χ1) is 18.8. The van der Waals surface area contributed by atoms with Crippen LogP contribution in [0.15, 0.2) is 41.4 Å². The number of carbonyl (C=O) groups is 1. The zero-order valence-corrected chi connectivity index (χ0v) is 23.9. The van der Waals surface area contributed by atoms with Gasteiger partial charge in [0.1, 0.15) is 17.8 Å². The summed E-state index contributed by atoms with van der Waals surface area (Å²) in [5.74, 6) is -0.503. The number of hydrogen-bond acceptors (Lipinski definition) is 5. The highest BCUT2D eigenvalue weighted by Gasteiger charge is 2.53. The highest BCUT2D eigenvalue weighted by atomic mass is 35.5. The second-order valence-electron chi connectivity index (χ2n) is 10.6. The van der Waals surface area contributed by atoms with Crippen molar-refractivity contribution in [3.8, 4) is 0 Å². The molecule has 3 unspecified atom stereocenters. The molecule has 1 saturated carbocycles. The van der Waals surface area contributed by atoms with Crippen molar-refractivity contribution in [3.05, 3.63) is 63.6 Å². The number of hydrazine groups is 1. The van der Waals surface area contributed by atoms with Gasteiger partial charge in [-0.25, -0.2) is 19.2 Å². The zero-order valence-electron chi connectivity index (χ0n) is 21.5. The van der Waals surface area contributed by atoms with Crippen molar-refractivity contribution in [2.45, 2.75) is 75.2 Å². The number of nitrogens with one attached hydrogen (secondary N) is 4. The number of guanidine groups is 1. The fraction of sp³-hybridized carbons (Fsp3) is 0.500. The number of carbonyl (C=O) groups excluding carboxylic acids is 1. The number of hydrogen-bond donors (Lipinski definition) is 4. The molecule has 2 saturated heterocycles. The number of thioether (sulfide) groups is 1. The van der Waals surface area contributed by atoms with Crippen molar-refractivity contribution in [1.29, 1.82) is 0 Å². The molecule has 39 heavy (non-hydrogen) atoms. The molecule has 1 aliphatic carbocycles. The summed E-state index contributed by atoms with van der Waals surface area (Å²) in [5, 5.41) is 6.45. The van der Waals surface area contributed by atoms with Crippen molar-refractivity contribution in [2.75, 3.05) is 11.1 Å². The normalized spacial score (nSPS) is 25.3. The van der Waals surface area contributed by atoms with Crippen molar-refractivity contribution in [3.63, 3.8) is 0 Å². The minimum Gasteiger partial charge on any atom is -0.326 e. The molecule has 0 bridgehead atoms. The van der Waals surface area contributed by atoms with E-state index in [0.717, 1.165) is 43.9 Å². The van der Waals surface area contributed by atoms with Crippen molar-refractivity contribution in [1.82, 2.24) is 16.2 Å². The molecule has 2 heterocycles. The molecule has 3 aliphatic rings. The van der Waals surface area contributed by atoms with Crippen LogP contribution in [0.25, 0.3) is 0 Å². The van der Waals surface area contributed by atoms with Gasteiger partial charge in [0.25, 0.3) is 5.91 Å². The Morgan fingerprint density at radius 2 is 1.77 bits per heavy atom. The molecule has 2 aliphatic heterocycles. The summed E-state index contributed by atoms with van der Waals surface area (Å²) in [6.07, 6.45) is 9.90. The van der Waals surface area contributed by atoms with Gasteiger partial charge in [0, 0.05) is 33.0 Å². The van der Waals surface area contributed by atoms with Crippen LogP contribution in [0.2, 0.25) is 10.0 Å². The highest BCUT2D eigenvalue weighted by molar-refractivity contribution is 8.00. The number of halogens is 4. The van der Waals surface area contributed by atoms with Gasteiger partial charge in [-0.15, -0.1) is 0 Å². The van der Waals surface area contributed by atoms with E-state index in [1.807, 2.05) is 11.8 Å². The van der Waals surface area contributed by atoms with Crippen molar-refractivity contribution < 1.29 is 13.6 Å². The summed E-state index contributed by atoms with van der Waals surface area (Å²) in [4.78, 5) is 18.2. The number of benzene rings is 2. The van der Waals surface area contributed by atoms with Crippen LogP contribution in [0.3, 0.4) is 0 Å². The first-order valence-electron chi connectivity index (χ1n) is 13.5. The van der Waals surface area contributed by atoms with Gasteiger partial charge in [0.2, 0.25) is 5.96 Å². The van der Waals surface area contributed by atoms with Crippen LogP contribution in [0, 0.1) is 17.0 Å². The molecule has 3 fully saturated rings. The van der Waals surface area contributed by atoms with E-state index >= 15 is 0 Å². The maximum Gasteiger partial charge on any atom is 0.258 e. The molecule has 2 aromatic rings. The summed E-state index contributed by atoms with van der Waals surface area (Å²) in [6, 6.07) is 8.12. The molecule has 0 aromatic heterocycles. The lowest BCUT2D eigenvalue weighted by atomic mass is 9.68. The summed E-state index contributed by atoms with van der Waals surface area (Å²) in [6.45, 7) is 0. The molecule has 0 radical (unpaired) electrons. The summed E-state index contributed by atoms with van der Waals surface area (Å²) in [5.41, 5.74) is 7.29. The van der Waals surface area contributed by atoms with Crippen LogP contribution < -0.4 is 21.5 Å². The number of amides is 1. The fourth-order valence-corrected chi connectivity index (χ4v) is 7.91. The standard InChI is InChI=1S/C28H33Cl2F2N5OS/c29-18-14-19(31)16-20(15-18)33-27(34-25(38)17-8-9-21(30)22(32)13-17)35-26-28(10-4-2-1-3-5-11-28)24(36-37-26)23-7-6-12-39-23/h8-9,13-16,23-24,26,36-37H,1-7,10-12H2,(H2,33,34,35,38). The third-order valence-corrected chi connectivity index (χ3v) is 9.94. The first-order valence-corrected chi connectivity index (χ1v) is 15.3. The second kappa shape index (κ2) is 12.7. The van der Waals surface area contributed by atoms with E-state index in [4.69, 9.17) is 28.2 Å². The predicted molar refractivity (Wildman–Crippen MR) is 155 cm³/mol. The Bertz CT molecular complexity index is 1200. The highest BCUT2D eigenvalue weighted by Crippen LogP contribution is 2.48. The van der Waals surface area contributed by atoms with Crippen LogP contribution in [0.1, 0.15) is 68.1 Å². The Morgan fingerprint density at radius 3 is 2.46 bits per heavy atom. The average Bonchev–Trinajstić information content (AvgIpc) is 3.51. The molecular formula is C28H33Cl2F2N5OS. The van der Waals surface area contributed by atoms with Gasteiger partial charge in [0.15, 0.2) is 0 Å². The van der Waals surface area contributed by atoms with E-state index in [0.29, 0.717) is 10.9 Å². The molecule has 1 amide bonds. The SMILES string of the molecule is O=C(NC(=NC1NNC(C2CCCS2)C12CCCCCCC2)Nc1cc(F)cc(Cl)c1)c1ccc(Cl)c(F)c1. The molecule has 210 valence electrons. The lowest BCUT2D eigenvalue weighted by molar-refractivity contribution is 0.0975. The summed E-state index contributed by atoms with van der Waals surface area (Å²) in [7, 11) is 0. The minimum absolute atomic E-state index is 0.0729. The Kier molecular flexibility index (Phi) is 9.34. The third-order valence-electron chi connectivity index (χ3n) is 7.96. The lowest BCUT2D eigenvalue weighted by Crippen LogP contribution is -2.48. The summed E-state index contributed by atoms with van der Waals surface area (Å²) >= 11 is 13.9. The van der Waals surface area contributed by atoms with Crippen LogP contribution in [-0.2, 0) is 0 Å². The topological polar surface area (TPSA) is 77.5 Å². The predicted octanol–water partition coefficient (Wildman–Crippen LogP) is 6.90. The second-order valence-corrected chi connectivity index (χ2v) is 12.8. The van der Waals surface area contributed by atoms with Gasteiger partial charge in [-0.1, -0.05) is 55.3 Å². The monoisotopic (exact) mass is 595 g/mol. The summed E-state index contributed by atoms with van der Waals surface area (Å²) < 4.78 is 28.3. The molecule has 1 spiro atoms. The molecule has 5 rings (SSSR count). The van der Waals surface area contributed by atoms with Gasteiger partial charge in [-0.3, -0.25) is 15.5 Å². The van der Waals surface area contributed by atoms with Crippen LogP contribution >= 0.6 is 35.0 Å². The van der Waals surface area contributed by atoms with E-state index in [1.54, 1.807) is 6.07 Å². The largest absolute Gasteiger partial charge is 0.326 e. The molecule has 2 aromatic carbocycles. The Morgan fingerprint density at radius 1 is 1.00 bits per heavy atom. The number of aliphatic imine (C=N–C) groups is 1. The number of nitrogens with zero attached hydrogens (tertiary/aromatic N) is 1. The van der Waals surface area contributed by atoms with Crippen molar-refractivity contribution >= 4 is 52.5 Å². The number of rotatable bonds is 4. The van der Waals surface area contributed by atoms with E-state index in [1.165, 1.54) is 49.9 Å². The quantitative estimate of drug-likeness (QED) is 0.228. The van der Waals surface area contributed by atoms with Crippen LogP contribution in [0.4, 0.5) is 14.5 Å². The maximum atomic E-state index is 14.2. The molecule has 11 heteroatoms. The van der Waals surface area contributed by atoms with Gasteiger partial charge in [-0.2, -0.15) is 11.8 Å². The van der Waals surface area contributed by atoms with Gasteiger partial charge in [0.05, 0.1) is 5.02 Å². The van der Waals surface area contributed by atoms with Crippen LogP contribution in [-0.4, -0.2) is 35.1 Å². The van der Waals surface area contributed by atoms with E-state index in [-0.39, 0.29) is 39.2 Å². The van der Waals surface area contributed by atoms with E-state index < -0.39 is 17.5 Å². The van der Waals surface area contributed by atoms with Gasteiger partial charge < -0.3 is 5.32 Å². The maximum absolute atomic E-state index is 14.2. The Balaban J connectivity index is 1.49. The Hall–Kier alpha value is -1.91. The van der Waals surface area contributed by atoms with Gasteiger partial charge in [-0.05, 0) is 67.8 Å². The molecule has 4 N–H and O–H groups in total. The molecular weight excluding hydrogens is 563 g/mol. The zero-order chi connectivity index (χ0) is 27.4. The van der Waals surface area contributed by atoms with Gasteiger partial charge >= 0.3 is 0 Å². The van der Waals surface area contributed by atoms with E-state index in [2.05, 4.69) is 21.5 Å². The number of anilines is 1. The molecule has 3 atom stereocenters. The fourth-order valence-electron chi connectivity index (χ4n) is 6.07. The molecule has 6 nitrogen and oxygen atoms in total. The van der Waals surface area contributed by atoms with E-state index in [9.17, 15) is 13.6 Å². The minimum atomic E-state index is -0.695. The average molecular weight is 597 g/mol.